The molecule has 3 heterocycles. The number of pyridine rings is 1. The summed E-state index contributed by atoms with van der Waals surface area (Å²) in [5, 5.41) is 13.7. The fraction of sp³-hybridized carbons (Fsp3) is 0.200. The first-order valence-corrected chi connectivity index (χ1v) is 9.40. The lowest BCUT2D eigenvalue weighted by Crippen LogP contribution is -2.36. The second-order valence-corrected chi connectivity index (χ2v) is 7.08. The van der Waals surface area contributed by atoms with Gasteiger partial charge in [0.1, 0.15) is 11.6 Å². The Morgan fingerprint density at radius 3 is 2.62 bits per heavy atom. The van der Waals surface area contributed by atoms with E-state index in [-0.39, 0.29) is 36.6 Å². The first kappa shape index (κ1) is 21.2. The van der Waals surface area contributed by atoms with Gasteiger partial charge in [-0.15, -0.1) is 0 Å². The smallest absolute Gasteiger partial charge is 0.321 e. The highest BCUT2D eigenvalue weighted by atomic mass is 19.1. The number of hydrogen-bond acceptors (Lipinski definition) is 6. The largest absolute Gasteiger partial charge is 0.323 e. The van der Waals surface area contributed by atoms with E-state index in [2.05, 4.69) is 20.3 Å². The van der Waals surface area contributed by atoms with Crippen LogP contribution >= 0.6 is 0 Å². The molecule has 4 rings (SSSR count). The molecule has 1 saturated heterocycles. The molecule has 0 radical (unpaired) electrons. The number of benzene rings is 1. The van der Waals surface area contributed by atoms with Crippen LogP contribution in [-0.2, 0) is 5.67 Å². The highest BCUT2D eigenvalue weighted by Crippen LogP contribution is 2.34. The Morgan fingerprint density at radius 2 is 1.94 bits per heavy atom. The third kappa shape index (κ3) is 4.06. The quantitative estimate of drug-likeness (QED) is 0.483. The van der Waals surface area contributed by atoms with Gasteiger partial charge in [-0.1, -0.05) is 0 Å². The molecule has 1 unspecified atom stereocenters. The summed E-state index contributed by atoms with van der Waals surface area (Å²) in [6, 6.07) is 5.72. The van der Waals surface area contributed by atoms with E-state index in [9.17, 15) is 23.7 Å². The normalized spacial score (nSPS) is 17.9. The molecule has 1 aliphatic heterocycles. The number of carbonyl (C=O) groups excluding carboxylic acids is 1. The molecule has 9 nitrogen and oxygen atoms in total. The lowest BCUT2D eigenvalue weighted by Gasteiger charge is -2.20. The van der Waals surface area contributed by atoms with Crippen LogP contribution < -0.4 is 5.32 Å². The fourth-order valence-electron chi connectivity index (χ4n) is 3.38. The third-order valence-corrected chi connectivity index (χ3v) is 4.98. The highest BCUT2D eigenvalue weighted by Gasteiger charge is 2.44. The lowest BCUT2D eigenvalue weighted by molar-refractivity contribution is -0.384. The van der Waals surface area contributed by atoms with Gasteiger partial charge in [0.15, 0.2) is 11.5 Å². The van der Waals surface area contributed by atoms with Crippen LogP contribution in [0.1, 0.15) is 12.2 Å². The van der Waals surface area contributed by atoms with Crippen LogP contribution in [0.3, 0.4) is 0 Å². The van der Waals surface area contributed by atoms with E-state index < -0.39 is 39.8 Å². The van der Waals surface area contributed by atoms with Gasteiger partial charge in [-0.2, -0.15) is 0 Å². The van der Waals surface area contributed by atoms with Crippen molar-refractivity contribution < 1.29 is 22.9 Å². The summed E-state index contributed by atoms with van der Waals surface area (Å²) in [7, 11) is 0. The number of nitro groups is 1. The van der Waals surface area contributed by atoms with Gasteiger partial charge in [-0.05, 0) is 24.3 Å². The first-order chi connectivity index (χ1) is 15.3. The zero-order valence-corrected chi connectivity index (χ0v) is 16.3. The number of aromatic nitrogens is 3. The van der Waals surface area contributed by atoms with E-state index in [0.29, 0.717) is 6.07 Å². The molecule has 2 aromatic heterocycles. The van der Waals surface area contributed by atoms with Crippen LogP contribution in [0.25, 0.3) is 11.3 Å². The molecule has 1 aliphatic rings. The van der Waals surface area contributed by atoms with E-state index in [1.165, 1.54) is 24.5 Å². The standard InChI is InChI=1S/C20H15F3N6O3/c21-12-2-3-13(14(22)10-12)15-4-5-16(29(31)32)17(26-15)27-19(30)28-9-6-20(23,11-28)18-24-7-1-8-25-18/h1-5,7-8,10H,6,9,11H2,(H,26,27,30). The molecule has 1 N–H and O–H groups in total. The molecular weight excluding hydrogens is 429 g/mol. The summed E-state index contributed by atoms with van der Waals surface area (Å²) in [5.74, 6) is -2.23. The van der Waals surface area contributed by atoms with Gasteiger partial charge in [-0.25, -0.2) is 32.9 Å². The number of rotatable bonds is 4. The Morgan fingerprint density at radius 1 is 1.19 bits per heavy atom. The Balaban J connectivity index is 1.59. The number of urea groups is 1. The van der Waals surface area contributed by atoms with Gasteiger partial charge in [0.05, 0.1) is 17.2 Å². The van der Waals surface area contributed by atoms with Crippen LogP contribution in [0.4, 0.5) is 29.5 Å². The van der Waals surface area contributed by atoms with Crippen LogP contribution in [0.5, 0.6) is 0 Å². The maximum absolute atomic E-state index is 15.2. The molecule has 12 heteroatoms. The zero-order valence-electron chi connectivity index (χ0n) is 16.3. The summed E-state index contributed by atoms with van der Waals surface area (Å²) >= 11 is 0. The predicted molar refractivity (Wildman–Crippen MR) is 106 cm³/mol. The fourth-order valence-corrected chi connectivity index (χ4v) is 3.38. The van der Waals surface area contributed by atoms with Gasteiger partial charge in [0, 0.05) is 43.1 Å². The zero-order chi connectivity index (χ0) is 22.9. The highest BCUT2D eigenvalue weighted by molar-refractivity contribution is 5.91. The number of likely N-dealkylation sites (tertiary alicyclic amines) is 1. The van der Waals surface area contributed by atoms with E-state index >= 15 is 4.39 Å². The van der Waals surface area contributed by atoms with Gasteiger partial charge < -0.3 is 4.90 Å². The van der Waals surface area contributed by atoms with E-state index in [1.807, 2.05) is 0 Å². The molecule has 0 aliphatic carbocycles. The van der Waals surface area contributed by atoms with E-state index in [1.54, 1.807) is 0 Å². The van der Waals surface area contributed by atoms with E-state index in [0.717, 1.165) is 23.1 Å². The van der Waals surface area contributed by atoms with Crippen LogP contribution in [0.2, 0.25) is 0 Å². The molecule has 164 valence electrons. The second-order valence-electron chi connectivity index (χ2n) is 7.08. The molecule has 0 saturated carbocycles. The topological polar surface area (TPSA) is 114 Å². The molecule has 1 atom stereocenters. The van der Waals surface area contributed by atoms with Crippen molar-refractivity contribution in [3.8, 4) is 11.3 Å². The maximum Gasteiger partial charge on any atom is 0.323 e. The molecule has 2 amide bonds. The van der Waals surface area contributed by atoms with Crippen molar-refractivity contribution in [3.05, 3.63) is 76.4 Å². The summed E-state index contributed by atoms with van der Waals surface area (Å²) in [5.41, 5.74) is -2.66. The molecular formula is C20H15F3N6O3. The number of carbonyl (C=O) groups is 1. The Hall–Kier alpha value is -4.09. The van der Waals surface area contributed by atoms with Crippen LogP contribution in [-0.4, -0.2) is 43.9 Å². The van der Waals surface area contributed by atoms with Crippen LogP contribution in [0, 0.1) is 21.7 Å². The van der Waals surface area contributed by atoms with Crippen molar-refractivity contribution in [3.63, 3.8) is 0 Å². The average molecular weight is 444 g/mol. The second kappa shape index (κ2) is 8.21. The molecule has 3 aromatic rings. The summed E-state index contributed by atoms with van der Waals surface area (Å²) < 4.78 is 42.5. The van der Waals surface area contributed by atoms with E-state index in [4.69, 9.17) is 0 Å². The molecule has 0 spiro atoms. The minimum atomic E-state index is -1.96. The number of amides is 2. The van der Waals surface area contributed by atoms with Crippen molar-refractivity contribution in [1.82, 2.24) is 19.9 Å². The van der Waals surface area contributed by atoms with Gasteiger partial charge in [0.25, 0.3) is 0 Å². The summed E-state index contributed by atoms with van der Waals surface area (Å²) in [6.45, 7) is -0.344. The van der Waals surface area contributed by atoms with Crippen molar-refractivity contribution in [1.29, 1.82) is 0 Å². The molecule has 1 fully saturated rings. The SMILES string of the molecule is O=C(Nc1nc(-c2ccc(F)cc2F)ccc1[N+](=O)[O-])N1CCC(F)(c2ncccn2)C1. The molecule has 1 aromatic carbocycles. The van der Waals surface area contributed by atoms with Crippen molar-refractivity contribution in [2.45, 2.75) is 12.1 Å². The summed E-state index contributed by atoms with van der Waals surface area (Å²) in [4.78, 5) is 36.2. The Bertz CT molecular complexity index is 1200. The monoisotopic (exact) mass is 444 g/mol. The lowest BCUT2D eigenvalue weighted by atomic mass is 10.1. The first-order valence-electron chi connectivity index (χ1n) is 9.40. The number of anilines is 1. The van der Waals surface area contributed by atoms with Gasteiger partial charge in [-0.3, -0.25) is 15.4 Å². The molecule has 32 heavy (non-hydrogen) atoms. The number of nitrogens with zero attached hydrogens (tertiary/aromatic N) is 5. The van der Waals surface area contributed by atoms with Crippen molar-refractivity contribution in [2.75, 3.05) is 18.4 Å². The average Bonchev–Trinajstić information content (AvgIpc) is 3.18. The predicted octanol–water partition coefficient (Wildman–Crippen LogP) is 3.83. The van der Waals surface area contributed by atoms with Crippen molar-refractivity contribution >= 4 is 17.5 Å². The minimum Gasteiger partial charge on any atom is -0.321 e. The maximum atomic E-state index is 15.2. The summed E-state index contributed by atoms with van der Waals surface area (Å²) in [6.07, 6.45) is 2.72. The minimum absolute atomic E-state index is 0.0145. The number of hydrogen-bond donors (Lipinski definition) is 1. The number of halogens is 3. The van der Waals surface area contributed by atoms with Crippen molar-refractivity contribution in [2.24, 2.45) is 0 Å². The van der Waals surface area contributed by atoms with Gasteiger partial charge in [0.2, 0.25) is 5.82 Å². The van der Waals surface area contributed by atoms with Crippen LogP contribution in [0.15, 0.2) is 48.8 Å². The molecule has 0 bridgehead atoms. The Labute approximate surface area is 179 Å². The Kier molecular flexibility index (Phi) is 5.43. The third-order valence-electron chi connectivity index (χ3n) is 4.98. The number of alkyl halides is 1. The van der Waals surface area contributed by atoms with Gasteiger partial charge >= 0.3 is 11.7 Å². The number of nitrogens with one attached hydrogen (secondary N) is 1.